The highest BCUT2D eigenvalue weighted by molar-refractivity contribution is 9.18. The van der Waals surface area contributed by atoms with Gasteiger partial charge in [-0.05, 0) is 52.0 Å². The topological polar surface area (TPSA) is 43.4 Å². The zero-order valence-corrected chi connectivity index (χ0v) is 13.7. The molecule has 2 rings (SSSR count). The summed E-state index contributed by atoms with van der Waals surface area (Å²) >= 11 is 2.87. The van der Waals surface area contributed by atoms with Crippen molar-refractivity contribution >= 4 is 26.6 Å². The molecule has 0 saturated carbocycles. The van der Waals surface area contributed by atoms with Crippen LogP contribution in [0.15, 0.2) is 54.6 Å². The Hall–Kier alpha value is -1.94. The van der Waals surface area contributed by atoms with Crippen LogP contribution in [0.2, 0.25) is 0 Å². The maximum atomic E-state index is 11.9. The van der Waals surface area contributed by atoms with Crippen LogP contribution >= 0.6 is 15.9 Å². The Morgan fingerprint density at radius 2 is 1.50 bits per heavy atom. The zero-order valence-electron chi connectivity index (χ0n) is 12.1. The van der Waals surface area contributed by atoms with E-state index in [1.54, 1.807) is 12.1 Å². The summed E-state index contributed by atoms with van der Waals surface area (Å²) in [5.41, 5.74) is 2.71. The quantitative estimate of drug-likeness (QED) is 0.411. The molecular formula is C18H17BrO3. The van der Waals surface area contributed by atoms with Crippen molar-refractivity contribution in [2.24, 2.45) is 0 Å². The molecule has 114 valence electrons. The van der Waals surface area contributed by atoms with Gasteiger partial charge in [0.25, 0.3) is 0 Å². The van der Waals surface area contributed by atoms with E-state index in [0.29, 0.717) is 31.4 Å². The van der Waals surface area contributed by atoms with E-state index in [2.05, 4.69) is 15.9 Å². The molecule has 2 aromatic rings. The summed E-state index contributed by atoms with van der Waals surface area (Å²) < 4.78 is 5.17. The van der Waals surface area contributed by atoms with E-state index in [1.165, 1.54) is 0 Å². The summed E-state index contributed by atoms with van der Waals surface area (Å²) in [7, 11) is 0. The van der Waals surface area contributed by atoms with Crippen LogP contribution in [0, 0.1) is 0 Å². The van der Waals surface area contributed by atoms with Gasteiger partial charge in [-0.1, -0.05) is 42.5 Å². The average molecular weight is 361 g/mol. The summed E-state index contributed by atoms with van der Waals surface area (Å²) in [5.74, 6) is -0.329. The van der Waals surface area contributed by atoms with Crippen molar-refractivity contribution in [1.29, 1.82) is 0 Å². The fourth-order valence-electron chi connectivity index (χ4n) is 2.04. The monoisotopic (exact) mass is 360 g/mol. The van der Waals surface area contributed by atoms with Crippen LogP contribution in [0.4, 0.5) is 0 Å². The van der Waals surface area contributed by atoms with Crippen LogP contribution in [0.1, 0.15) is 29.6 Å². The molecule has 0 heterocycles. The molecule has 0 aliphatic heterocycles. The fraction of sp³-hybridized carbons (Fsp3) is 0.222. The first-order valence-electron chi connectivity index (χ1n) is 7.18. The molecule has 22 heavy (non-hydrogen) atoms. The second kappa shape index (κ2) is 8.49. The summed E-state index contributed by atoms with van der Waals surface area (Å²) in [6, 6.07) is 17.4. The Labute approximate surface area is 138 Å². The molecule has 0 radical (unpaired) electrons. The molecule has 0 saturated heterocycles. The van der Waals surface area contributed by atoms with Gasteiger partial charge < -0.3 is 4.74 Å². The predicted octanol–water partition coefficient (Wildman–Crippen LogP) is 4.60. The summed E-state index contributed by atoms with van der Waals surface area (Å²) in [6.45, 7) is 0.333. The molecule has 0 atom stereocenters. The third kappa shape index (κ3) is 5.11. The first kappa shape index (κ1) is 16.4. The van der Waals surface area contributed by atoms with Crippen molar-refractivity contribution in [1.82, 2.24) is 0 Å². The third-order valence-electron chi connectivity index (χ3n) is 3.23. The maximum Gasteiger partial charge on any atom is 0.338 e. The smallest absolute Gasteiger partial charge is 0.338 e. The largest absolute Gasteiger partial charge is 0.462 e. The van der Waals surface area contributed by atoms with Crippen LogP contribution in [0.3, 0.4) is 0 Å². The molecule has 0 N–H and O–H groups in total. The molecule has 0 bridgehead atoms. The Kier molecular flexibility index (Phi) is 6.34. The first-order chi connectivity index (χ1) is 10.7. The SMILES string of the molecule is O=C(Br)CCCCOC(=O)c1ccc(-c2ccccc2)cc1. The maximum absolute atomic E-state index is 11.9. The van der Waals surface area contributed by atoms with Gasteiger partial charge in [0, 0.05) is 6.42 Å². The van der Waals surface area contributed by atoms with Crippen LogP contribution in [0.5, 0.6) is 0 Å². The lowest BCUT2D eigenvalue weighted by Crippen LogP contribution is -2.06. The molecule has 0 spiro atoms. The molecule has 3 nitrogen and oxygen atoms in total. The lowest BCUT2D eigenvalue weighted by molar-refractivity contribution is -0.110. The lowest BCUT2D eigenvalue weighted by atomic mass is 10.0. The summed E-state index contributed by atoms with van der Waals surface area (Å²) in [4.78, 5) is 22.6. The van der Waals surface area contributed by atoms with Gasteiger partial charge in [0.15, 0.2) is 4.69 Å². The van der Waals surface area contributed by atoms with Gasteiger partial charge in [0.05, 0.1) is 12.2 Å². The molecule has 4 heteroatoms. The van der Waals surface area contributed by atoms with Crippen molar-refractivity contribution in [3.8, 4) is 11.1 Å². The molecule has 0 unspecified atom stereocenters. The highest BCUT2D eigenvalue weighted by Gasteiger charge is 2.07. The third-order valence-corrected chi connectivity index (χ3v) is 3.63. The molecular weight excluding hydrogens is 344 g/mol. The number of hydrogen-bond acceptors (Lipinski definition) is 3. The van der Waals surface area contributed by atoms with Crippen molar-refractivity contribution < 1.29 is 14.3 Å². The first-order valence-corrected chi connectivity index (χ1v) is 7.97. The Balaban J connectivity index is 1.85. The van der Waals surface area contributed by atoms with Gasteiger partial charge >= 0.3 is 5.97 Å². The Bertz CT molecular complexity index is 621. The highest BCUT2D eigenvalue weighted by atomic mass is 79.9. The Morgan fingerprint density at radius 3 is 2.14 bits per heavy atom. The molecule has 0 fully saturated rings. The second-order valence-corrected chi connectivity index (χ2v) is 5.78. The molecule has 0 aliphatic rings. The normalized spacial score (nSPS) is 10.2. The minimum Gasteiger partial charge on any atom is -0.462 e. The van der Waals surface area contributed by atoms with E-state index in [9.17, 15) is 9.59 Å². The Morgan fingerprint density at radius 1 is 0.864 bits per heavy atom. The van der Waals surface area contributed by atoms with E-state index in [-0.39, 0.29) is 10.7 Å². The number of halogens is 1. The number of ether oxygens (including phenoxy) is 1. The van der Waals surface area contributed by atoms with Crippen LogP contribution in [0.25, 0.3) is 11.1 Å². The fourth-order valence-corrected chi connectivity index (χ4v) is 2.32. The van der Waals surface area contributed by atoms with Gasteiger partial charge in [-0.2, -0.15) is 0 Å². The summed E-state index contributed by atoms with van der Waals surface area (Å²) in [6.07, 6.45) is 1.86. The minimum atomic E-state index is -0.329. The van der Waals surface area contributed by atoms with Crippen LogP contribution in [-0.4, -0.2) is 17.3 Å². The van der Waals surface area contributed by atoms with E-state index in [1.807, 2.05) is 42.5 Å². The lowest BCUT2D eigenvalue weighted by Gasteiger charge is -2.06. The second-order valence-electron chi connectivity index (χ2n) is 4.89. The van der Waals surface area contributed by atoms with E-state index >= 15 is 0 Å². The number of carbonyl (C=O) groups is 2. The number of unbranched alkanes of at least 4 members (excludes halogenated alkanes) is 1. The van der Waals surface area contributed by atoms with Crippen molar-refractivity contribution in [2.75, 3.05) is 6.61 Å². The summed E-state index contributed by atoms with van der Waals surface area (Å²) in [5, 5.41) is 0. The number of carbonyl (C=O) groups excluding carboxylic acids is 2. The number of rotatable bonds is 7. The zero-order chi connectivity index (χ0) is 15.8. The highest BCUT2D eigenvalue weighted by Crippen LogP contribution is 2.19. The predicted molar refractivity (Wildman–Crippen MR) is 89.9 cm³/mol. The van der Waals surface area contributed by atoms with E-state index in [4.69, 9.17) is 4.74 Å². The minimum absolute atomic E-state index is 0.0182. The molecule has 0 aliphatic carbocycles. The number of hydrogen-bond donors (Lipinski definition) is 0. The van der Waals surface area contributed by atoms with Crippen molar-refractivity contribution in [3.63, 3.8) is 0 Å². The van der Waals surface area contributed by atoms with Crippen LogP contribution in [-0.2, 0) is 9.53 Å². The molecule has 2 aromatic carbocycles. The van der Waals surface area contributed by atoms with Gasteiger partial charge in [-0.15, -0.1) is 0 Å². The standard InChI is InChI=1S/C18H17BrO3/c19-17(20)8-4-5-13-22-18(21)16-11-9-15(10-12-16)14-6-2-1-3-7-14/h1-3,6-7,9-12H,4-5,8,13H2. The van der Waals surface area contributed by atoms with Crippen molar-refractivity contribution in [2.45, 2.75) is 19.3 Å². The van der Waals surface area contributed by atoms with Crippen molar-refractivity contribution in [3.05, 3.63) is 60.2 Å². The van der Waals surface area contributed by atoms with Gasteiger partial charge in [-0.3, -0.25) is 4.79 Å². The van der Waals surface area contributed by atoms with E-state index in [0.717, 1.165) is 11.1 Å². The molecule has 0 amide bonds. The van der Waals surface area contributed by atoms with Gasteiger partial charge in [0.1, 0.15) is 0 Å². The van der Waals surface area contributed by atoms with Gasteiger partial charge in [-0.25, -0.2) is 4.79 Å². The number of benzene rings is 2. The molecule has 0 aromatic heterocycles. The number of esters is 1. The van der Waals surface area contributed by atoms with E-state index < -0.39 is 0 Å². The average Bonchev–Trinajstić information content (AvgIpc) is 2.55. The van der Waals surface area contributed by atoms with Gasteiger partial charge in [0.2, 0.25) is 0 Å². The van der Waals surface area contributed by atoms with Crippen LogP contribution < -0.4 is 0 Å².